The molecule has 0 aromatic rings. The molecular weight excluding hydrogens is 400 g/mol. The molecule has 1 nitrogen and oxygen atoms in total. The second kappa shape index (κ2) is 10.4. The van der Waals surface area contributed by atoms with Crippen molar-refractivity contribution in [1.82, 2.24) is 0 Å². The van der Waals surface area contributed by atoms with Crippen molar-refractivity contribution in [1.29, 1.82) is 0 Å². The number of hydrogen-bond acceptors (Lipinski definition) is 1. The van der Waals surface area contributed by atoms with E-state index in [9.17, 15) is 0 Å². The van der Waals surface area contributed by atoms with E-state index in [0.29, 0.717) is 16.9 Å². The topological polar surface area (TPSA) is 9.23 Å². The van der Waals surface area contributed by atoms with E-state index in [-0.39, 0.29) is 0 Å². The van der Waals surface area contributed by atoms with Gasteiger partial charge < -0.3 is 4.74 Å². The molecule has 0 aromatic carbocycles. The molecule has 3 fully saturated rings. The molecule has 8 atom stereocenters. The molecule has 4 aliphatic rings. The highest BCUT2D eigenvalue weighted by molar-refractivity contribution is 5.25. The molecular formula is C32H56O. The highest BCUT2D eigenvalue weighted by Crippen LogP contribution is 2.67. The maximum Gasteiger partial charge on any atom is 0.0612 e. The molecule has 3 saturated carbocycles. The standard InChI is InChI=1S/C32H56O/c1-22(2)9-8-10-24(5)28-13-14-29-27-12-11-25-21-26(33-20-17-23(3)4)15-18-31(25,6)30(27)16-19-32(28,29)7/h11,22-24,26-30H,8-10,12-21H2,1-7H3/t24-,26+,27-,28+,29-,30-,31+,32+/m1/s1. The summed E-state index contributed by atoms with van der Waals surface area (Å²) in [5.41, 5.74) is 2.85. The first-order valence-electron chi connectivity index (χ1n) is 15.0. The zero-order chi connectivity index (χ0) is 23.8. The minimum absolute atomic E-state index is 0.461. The number of fused-ring (bicyclic) bond motifs is 5. The first-order valence-corrected chi connectivity index (χ1v) is 15.0. The van der Waals surface area contributed by atoms with Crippen molar-refractivity contribution < 1.29 is 4.74 Å². The average molecular weight is 457 g/mol. The average Bonchev–Trinajstić information content (AvgIpc) is 3.10. The van der Waals surface area contributed by atoms with E-state index in [1.807, 2.05) is 0 Å². The molecule has 0 heterocycles. The predicted molar refractivity (Wildman–Crippen MR) is 142 cm³/mol. The maximum absolute atomic E-state index is 6.36. The lowest BCUT2D eigenvalue weighted by atomic mass is 9.47. The van der Waals surface area contributed by atoms with Crippen molar-refractivity contribution in [2.75, 3.05) is 6.61 Å². The zero-order valence-corrected chi connectivity index (χ0v) is 23.3. The van der Waals surface area contributed by atoms with Crippen molar-refractivity contribution in [3.05, 3.63) is 11.6 Å². The predicted octanol–water partition coefficient (Wildman–Crippen LogP) is 9.46. The third-order valence-corrected chi connectivity index (χ3v) is 11.3. The third kappa shape index (κ3) is 5.15. The summed E-state index contributed by atoms with van der Waals surface area (Å²) < 4.78 is 6.36. The van der Waals surface area contributed by atoms with E-state index in [4.69, 9.17) is 4.74 Å². The van der Waals surface area contributed by atoms with Crippen molar-refractivity contribution in [2.45, 2.75) is 132 Å². The Morgan fingerprint density at radius 3 is 2.36 bits per heavy atom. The van der Waals surface area contributed by atoms with E-state index < -0.39 is 0 Å². The van der Waals surface area contributed by atoms with Crippen LogP contribution in [0.1, 0.15) is 126 Å². The Balaban J connectivity index is 1.41. The summed E-state index contributed by atoms with van der Waals surface area (Å²) in [6, 6.07) is 0. The Hall–Kier alpha value is -0.300. The summed E-state index contributed by atoms with van der Waals surface area (Å²) in [6.45, 7) is 18.3. The van der Waals surface area contributed by atoms with E-state index in [0.717, 1.165) is 48.0 Å². The van der Waals surface area contributed by atoms with Gasteiger partial charge in [-0.2, -0.15) is 0 Å². The van der Waals surface area contributed by atoms with Gasteiger partial charge in [-0.05, 0) is 110 Å². The second-order valence-corrected chi connectivity index (χ2v) is 14.2. The second-order valence-electron chi connectivity index (χ2n) is 14.2. The molecule has 0 spiro atoms. The first-order chi connectivity index (χ1) is 15.6. The molecule has 4 aliphatic carbocycles. The summed E-state index contributed by atoms with van der Waals surface area (Å²) in [7, 11) is 0. The number of allylic oxidation sites excluding steroid dienone is 1. The highest BCUT2D eigenvalue weighted by Gasteiger charge is 2.59. The molecule has 4 rings (SSSR count). The summed E-state index contributed by atoms with van der Waals surface area (Å²) in [6.07, 6.45) is 19.9. The first kappa shape index (κ1) is 25.8. The molecule has 0 bridgehead atoms. The molecule has 33 heavy (non-hydrogen) atoms. The summed E-state index contributed by atoms with van der Waals surface area (Å²) in [4.78, 5) is 0. The van der Waals surface area contributed by atoms with Crippen LogP contribution in [0.4, 0.5) is 0 Å². The molecule has 1 heteroatoms. The Morgan fingerprint density at radius 1 is 0.879 bits per heavy atom. The quantitative estimate of drug-likeness (QED) is 0.314. The van der Waals surface area contributed by atoms with Gasteiger partial charge in [0.05, 0.1) is 6.10 Å². The normalized spacial score (nSPS) is 41.5. The van der Waals surface area contributed by atoms with Gasteiger partial charge in [-0.25, -0.2) is 0 Å². The van der Waals surface area contributed by atoms with Crippen molar-refractivity contribution in [2.24, 2.45) is 52.3 Å². The van der Waals surface area contributed by atoms with Gasteiger partial charge in [0.1, 0.15) is 0 Å². The van der Waals surface area contributed by atoms with Crippen LogP contribution in [0.25, 0.3) is 0 Å². The Kier molecular flexibility index (Phi) is 8.09. The number of ether oxygens (including phenoxy) is 1. The van der Waals surface area contributed by atoms with Gasteiger partial charge in [0.15, 0.2) is 0 Å². The van der Waals surface area contributed by atoms with Gasteiger partial charge in [-0.15, -0.1) is 0 Å². The van der Waals surface area contributed by atoms with Crippen LogP contribution in [0.3, 0.4) is 0 Å². The maximum atomic E-state index is 6.36. The van der Waals surface area contributed by atoms with E-state index >= 15 is 0 Å². The van der Waals surface area contributed by atoms with E-state index in [1.165, 1.54) is 77.0 Å². The Labute approximate surface area is 206 Å². The fraction of sp³-hybridized carbons (Fsp3) is 0.938. The fourth-order valence-electron chi connectivity index (χ4n) is 9.26. The Morgan fingerprint density at radius 2 is 1.64 bits per heavy atom. The summed E-state index contributed by atoms with van der Waals surface area (Å²) >= 11 is 0. The van der Waals surface area contributed by atoms with Gasteiger partial charge in [0.2, 0.25) is 0 Å². The van der Waals surface area contributed by atoms with Crippen LogP contribution < -0.4 is 0 Å². The SMILES string of the molecule is CC(C)CCC[C@@H](C)[C@@H]1CC[C@@H]2[C@H]3CC=C4C[C@@H](OCCC(C)C)CC[C@]4(C)[C@@H]3CC[C@]21C. The van der Waals surface area contributed by atoms with E-state index in [2.05, 4.69) is 54.5 Å². The van der Waals surface area contributed by atoms with Crippen LogP contribution in [0, 0.1) is 52.3 Å². The minimum Gasteiger partial charge on any atom is -0.378 e. The van der Waals surface area contributed by atoms with Gasteiger partial charge in [-0.3, -0.25) is 0 Å². The van der Waals surface area contributed by atoms with Crippen LogP contribution >= 0.6 is 0 Å². The molecule has 0 saturated heterocycles. The van der Waals surface area contributed by atoms with Gasteiger partial charge in [-0.1, -0.05) is 79.4 Å². The van der Waals surface area contributed by atoms with Gasteiger partial charge in [0, 0.05) is 6.61 Å². The summed E-state index contributed by atoms with van der Waals surface area (Å²) in [5.74, 6) is 6.35. The van der Waals surface area contributed by atoms with Crippen molar-refractivity contribution in [3.8, 4) is 0 Å². The fourth-order valence-corrected chi connectivity index (χ4v) is 9.26. The van der Waals surface area contributed by atoms with Gasteiger partial charge in [0.25, 0.3) is 0 Å². The molecule has 0 N–H and O–H groups in total. The number of hydrogen-bond donors (Lipinski definition) is 0. The Bertz CT molecular complexity index is 676. The lowest BCUT2D eigenvalue weighted by molar-refractivity contribution is -0.0644. The van der Waals surface area contributed by atoms with Gasteiger partial charge >= 0.3 is 0 Å². The van der Waals surface area contributed by atoms with Crippen LogP contribution in [-0.2, 0) is 4.74 Å². The van der Waals surface area contributed by atoms with Crippen LogP contribution in [0.2, 0.25) is 0 Å². The molecule has 0 radical (unpaired) electrons. The van der Waals surface area contributed by atoms with Crippen molar-refractivity contribution in [3.63, 3.8) is 0 Å². The molecule has 0 amide bonds. The van der Waals surface area contributed by atoms with Crippen molar-refractivity contribution >= 4 is 0 Å². The molecule has 0 aliphatic heterocycles. The smallest absolute Gasteiger partial charge is 0.0612 e. The van der Waals surface area contributed by atoms with E-state index in [1.54, 1.807) is 5.57 Å². The highest BCUT2D eigenvalue weighted by atomic mass is 16.5. The zero-order valence-electron chi connectivity index (χ0n) is 23.3. The molecule has 0 aromatic heterocycles. The molecule has 0 unspecified atom stereocenters. The lowest BCUT2D eigenvalue weighted by Crippen LogP contribution is -2.51. The lowest BCUT2D eigenvalue weighted by Gasteiger charge is -2.58. The summed E-state index contributed by atoms with van der Waals surface area (Å²) in [5, 5.41) is 0. The largest absolute Gasteiger partial charge is 0.378 e. The van der Waals surface area contributed by atoms with Crippen LogP contribution in [-0.4, -0.2) is 12.7 Å². The molecule has 190 valence electrons. The van der Waals surface area contributed by atoms with Crippen LogP contribution in [0.15, 0.2) is 11.6 Å². The monoisotopic (exact) mass is 456 g/mol. The third-order valence-electron chi connectivity index (χ3n) is 11.3. The minimum atomic E-state index is 0.461. The van der Waals surface area contributed by atoms with Crippen LogP contribution in [0.5, 0.6) is 0 Å². The number of rotatable bonds is 9.